The maximum absolute atomic E-state index is 13.1. The van der Waals surface area contributed by atoms with Gasteiger partial charge in [0.2, 0.25) is 5.82 Å². The second-order valence-corrected chi connectivity index (χ2v) is 2.44. The summed E-state index contributed by atoms with van der Waals surface area (Å²) in [7, 11) is 0. The molecule has 0 aliphatic carbocycles. The normalized spacial score (nSPS) is 9.31. The molecule has 66 valence electrons. The van der Waals surface area contributed by atoms with Crippen LogP contribution in [0.4, 0.5) is 10.1 Å². The number of hydrogen-bond donors (Lipinski definition) is 0. The average molecular weight is 180 g/mol. The van der Waals surface area contributed by atoms with Crippen LogP contribution in [0, 0.1) is 34.2 Å². The molecule has 0 aliphatic rings. The van der Waals surface area contributed by atoms with Gasteiger partial charge in [-0.3, -0.25) is 10.1 Å². The fourth-order valence-corrected chi connectivity index (χ4v) is 0.933. The molecule has 0 aliphatic heterocycles. The third-order valence-corrected chi connectivity index (χ3v) is 1.68. The Bertz CT molecular complexity index is 409. The first-order valence-electron chi connectivity index (χ1n) is 3.41. The van der Waals surface area contributed by atoms with E-state index in [1.54, 1.807) is 6.07 Å². The Labute approximate surface area is 73.4 Å². The van der Waals surface area contributed by atoms with Crippen LogP contribution in [0.25, 0.3) is 0 Å². The Morgan fingerprint density at radius 3 is 2.69 bits per heavy atom. The van der Waals surface area contributed by atoms with Crippen molar-refractivity contribution in [3.63, 3.8) is 0 Å². The first-order chi connectivity index (χ1) is 6.07. The zero-order chi connectivity index (χ0) is 10.0. The number of nitriles is 1. The lowest BCUT2D eigenvalue weighted by atomic mass is 10.1. The first kappa shape index (κ1) is 9.13. The van der Waals surface area contributed by atoms with E-state index in [0.29, 0.717) is 0 Å². The van der Waals surface area contributed by atoms with E-state index < -0.39 is 16.4 Å². The van der Waals surface area contributed by atoms with Crippen molar-refractivity contribution >= 4 is 5.69 Å². The predicted octanol–water partition coefficient (Wildman–Crippen LogP) is 1.91. The third kappa shape index (κ3) is 1.47. The summed E-state index contributed by atoms with van der Waals surface area (Å²) >= 11 is 0. The highest BCUT2D eigenvalue weighted by atomic mass is 19.1. The fraction of sp³-hybridized carbons (Fsp3) is 0.125. The molecule has 0 unspecified atom stereocenters. The number of nitrogens with zero attached hydrogens (tertiary/aromatic N) is 2. The van der Waals surface area contributed by atoms with Crippen molar-refractivity contribution in [3.8, 4) is 6.07 Å². The molecule has 0 atom stereocenters. The Morgan fingerprint density at radius 2 is 2.23 bits per heavy atom. The fourth-order valence-electron chi connectivity index (χ4n) is 0.933. The van der Waals surface area contributed by atoms with Gasteiger partial charge < -0.3 is 0 Å². The summed E-state index contributed by atoms with van der Waals surface area (Å²) in [6, 6.07) is 3.96. The second kappa shape index (κ2) is 3.19. The topological polar surface area (TPSA) is 66.9 Å². The molecule has 0 radical (unpaired) electrons. The number of nitro benzene ring substituents is 1. The first-order valence-corrected chi connectivity index (χ1v) is 3.41. The Morgan fingerprint density at radius 1 is 1.62 bits per heavy atom. The predicted molar refractivity (Wildman–Crippen MR) is 42.5 cm³/mol. The van der Waals surface area contributed by atoms with Crippen LogP contribution in [0.15, 0.2) is 12.1 Å². The third-order valence-electron chi connectivity index (χ3n) is 1.68. The largest absolute Gasteiger partial charge is 0.305 e. The van der Waals surface area contributed by atoms with Crippen LogP contribution < -0.4 is 0 Å². The molecule has 0 amide bonds. The van der Waals surface area contributed by atoms with Gasteiger partial charge in [0.15, 0.2) is 0 Å². The highest BCUT2D eigenvalue weighted by Gasteiger charge is 2.17. The Kier molecular flexibility index (Phi) is 2.24. The van der Waals surface area contributed by atoms with Crippen molar-refractivity contribution in [3.05, 3.63) is 39.2 Å². The van der Waals surface area contributed by atoms with Gasteiger partial charge in [-0.1, -0.05) is 0 Å². The smallest absolute Gasteiger partial charge is 0.258 e. The van der Waals surface area contributed by atoms with Gasteiger partial charge in [-0.05, 0) is 13.0 Å². The quantitative estimate of drug-likeness (QED) is 0.489. The molecule has 0 bridgehead atoms. The number of rotatable bonds is 1. The highest BCUT2D eigenvalue weighted by molar-refractivity contribution is 5.46. The molecule has 0 spiro atoms. The molecule has 0 fully saturated rings. The minimum absolute atomic E-state index is 0.0108. The molecule has 1 aromatic rings. The van der Waals surface area contributed by atoms with Gasteiger partial charge in [0.1, 0.15) is 0 Å². The molecule has 0 saturated carbocycles. The van der Waals surface area contributed by atoms with Crippen LogP contribution in [0.5, 0.6) is 0 Å². The summed E-state index contributed by atoms with van der Waals surface area (Å²) < 4.78 is 13.1. The standard InChI is InChI=1S/C8H5FN2O2/c1-5-6(4-10)2-3-7(8(5)9)11(12)13/h2-3H,1H3. The van der Waals surface area contributed by atoms with E-state index in [9.17, 15) is 14.5 Å². The lowest BCUT2D eigenvalue weighted by Gasteiger charge is -1.98. The molecular weight excluding hydrogens is 175 g/mol. The van der Waals surface area contributed by atoms with Gasteiger partial charge in [-0.15, -0.1) is 0 Å². The van der Waals surface area contributed by atoms with Gasteiger partial charge in [-0.25, -0.2) is 0 Å². The zero-order valence-corrected chi connectivity index (χ0v) is 6.74. The number of nitro groups is 1. The van der Waals surface area contributed by atoms with Gasteiger partial charge in [0.05, 0.1) is 16.6 Å². The van der Waals surface area contributed by atoms with E-state index in [2.05, 4.69) is 0 Å². The molecule has 0 saturated heterocycles. The SMILES string of the molecule is Cc1c(C#N)ccc([N+](=O)[O-])c1F. The summed E-state index contributed by atoms with van der Waals surface area (Å²) in [5, 5.41) is 18.7. The average Bonchev–Trinajstić information content (AvgIpc) is 2.09. The molecule has 13 heavy (non-hydrogen) atoms. The number of halogens is 1. The van der Waals surface area contributed by atoms with Crippen molar-refractivity contribution < 1.29 is 9.31 Å². The minimum atomic E-state index is -0.941. The van der Waals surface area contributed by atoms with Crippen molar-refractivity contribution in [2.24, 2.45) is 0 Å². The molecule has 0 heterocycles. The summed E-state index contributed by atoms with van der Waals surface area (Å²) in [5.74, 6) is -0.941. The molecule has 1 aromatic carbocycles. The van der Waals surface area contributed by atoms with Gasteiger partial charge in [0, 0.05) is 11.6 Å². The van der Waals surface area contributed by atoms with Gasteiger partial charge >= 0.3 is 5.69 Å². The van der Waals surface area contributed by atoms with Crippen LogP contribution in [0.3, 0.4) is 0 Å². The van der Waals surface area contributed by atoms with E-state index in [1.807, 2.05) is 0 Å². The van der Waals surface area contributed by atoms with E-state index in [4.69, 9.17) is 5.26 Å². The summed E-state index contributed by atoms with van der Waals surface area (Å²) in [4.78, 5) is 9.44. The molecule has 0 N–H and O–H groups in total. The van der Waals surface area contributed by atoms with Crippen LogP contribution in [0.1, 0.15) is 11.1 Å². The molecule has 0 aromatic heterocycles. The zero-order valence-electron chi connectivity index (χ0n) is 6.74. The van der Waals surface area contributed by atoms with Crippen LogP contribution >= 0.6 is 0 Å². The summed E-state index contributed by atoms with van der Waals surface area (Å²) in [6.07, 6.45) is 0. The van der Waals surface area contributed by atoms with E-state index >= 15 is 0 Å². The van der Waals surface area contributed by atoms with E-state index in [1.165, 1.54) is 13.0 Å². The molecule has 1 rings (SSSR count). The van der Waals surface area contributed by atoms with Gasteiger partial charge in [-0.2, -0.15) is 9.65 Å². The van der Waals surface area contributed by atoms with Crippen molar-refractivity contribution in [2.45, 2.75) is 6.92 Å². The van der Waals surface area contributed by atoms with Crippen LogP contribution in [-0.2, 0) is 0 Å². The maximum Gasteiger partial charge on any atom is 0.305 e. The second-order valence-electron chi connectivity index (χ2n) is 2.44. The number of benzene rings is 1. The Balaban J connectivity index is 3.42. The number of hydrogen-bond acceptors (Lipinski definition) is 3. The summed E-state index contributed by atoms with van der Waals surface area (Å²) in [5.41, 5.74) is -0.476. The lowest BCUT2D eigenvalue weighted by Crippen LogP contribution is -1.96. The molecule has 5 heteroatoms. The van der Waals surface area contributed by atoms with Crippen molar-refractivity contribution in [1.29, 1.82) is 5.26 Å². The maximum atomic E-state index is 13.1. The minimum Gasteiger partial charge on any atom is -0.258 e. The monoisotopic (exact) mass is 180 g/mol. The van der Waals surface area contributed by atoms with Crippen molar-refractivity contribution in [1.82, 2.24) is 0 Å². The van der Waals surface area contributed by atoms with Gasteiger partial charge in [0.25, 0.3) is 0 Å². The van der Waals surface area contributed by atoms with E-state index in [0.717, 1.165) is 6.07 Å². The van der Waals surface area contributed by atoms with Crippen LogP contribution in [-0.4, -0.2) is 4.92 Å². The lowest BCUT2D eigenvalue weighted by molar-refractivity contribution is -0.387. The summed E-state index contributed by atoms with van der Waals surface area (Å²) in [6.45, 7) is 1.33. The van der Waals surface area contributed by atoms with Crippen molar-refractivity contribution in [2.75, 3.05) is 0 Å². The van der Waals surface area contributed by atoms with E-state index in [-0.39, 0.29) is 11.1 Å². The Hall–Kier alpha value is -1.96. The highest BCUT2D eigenvalue weighted by Crippen LogP contribution is 2.22. The molecule has 4 nitrogen and oxygen atoms in total. The van der Waals surface area contributed by atoms with Crippen LogP contribution in [0.2, 0.25) is 0 Å². The molecular formula is C8H5FN2O2.